The highest BCUT2D eigenvalue weighted by molar-refractivity contribution is 7.88. The van der Waals surface area contributed by atoms with Gasteiger partial charge in [-0.2, -0.15) is 4.31 Å². The molecule has 0 aromatic carbocycles. The molecule has 1 aliphatic heterocycles. The van der Waals surface area contributed by atoms with E-state index in [1.165, 1.54) is 0 Å². The first-order valence-corrected chi connectivity index (χ1v) is 9.83. The van der Waals surface area contributed by atoms with E-state index in [2.05, 4.69) is 5.32 Å². The molecular formula is C15H29N3O4S. The third kappa shape index (κ3) is 4.67. The summed E-state index contributed by atoms with van der Waals surface area (Å²) in [6.07, 6.45) is 1.94. The van der Waals surface area contributed by atoms with Crippen molar-refractivity contribution in [3.63, 3.8) is 0 Å². The van der Waals surface area contributed by atoms with E-state index < -0.39 is 15.6 Å². The number of rotatable bonds is 6. The van der Waals surface area contributed by atoms with Crippen LogP contribution in [-0.2, 0) is 19.6 Å². The summed E-state index contributed by atoms with van der Waals surface area (Å²) < 4.78 is 24.8. The Morgan fingerprint density at radius 1 is 1.35 bits per heavy atom. The van der Waals surface area contributed by atoms with Gasteiger partial charge in [-0.3, -0.25) is 9.59 Å². The molecule has 2 unspecified atom stereocenters. The van der Waals surface area contributed by atoms with Crippen molar-refractivity contribution in [1.29, 1.82) is 0 Å². The van der Waals surface area contributed by atoms with E-state index in [1.807, 2.05) is 27.7 Å². The zero-order chi connectivity index (χ0) is 18.0. The predicted molar refractivity (Wildman–Crippen MR) is 89.3 cm³/mol. The van der Waals surface area contributed by atoms with Gasteiger partial charge in [-0.1, -0.05) is 20.3 Å². The second-order valence-electron chi connectivity index (χ2n) is 6.95. The molecule has 1 aliphatic rings. The van der Waals surface area contributed by atoms with Gasteiger partial charge in [-0.05, 0) is 26.7 Å². The van der Waals surface area contributed by atoms with Gasteiger partial charge in [-0.15, -0.1) is 0 Å². The van der Waals surface area contributed by atoms with E-state index in [1.54, 1.807) is 11.8 Å². The average Bonchev–Trinajstić information content (AvgIpc) is 2.40. The SMILES string of the molecule is CCC(C)CN1C(=O)CN(S(C)(=O)=O)CC1(C)C(=O)NC(C)C. The molecule has 0 radical (unpaired) electrons. The number of amides is 2. The zero-order valence-corrected chi connectivity index (χ0v) is 15.7. The lowest BCUT2D eigenvalue weighted by atomic mass is 9.93. The molecule has 0 aromatic heterocycles. The highest BCUT2D eigenvalue weighted by Gasteiger charge is 2.49. The maximum atomic E-state index is 12.7. The highest BCUT2D eigenvalue weighted by Crippen LogP contribution is 2.26. The molecule has 134 valence electrons. The van der Waals surface area contributed by atoms with Gasteiger partial charge in [0.15, 0.2) is 0 Å². The quantitative estimate of drug-likeness (QED) is 0.754. The fourth-order valence-corrected chi connectivity index (χ4v) is 3.42. The zero-order valence-electron chi connectivity index (χ0n) is 14.9. The molecule has 1 fully saturated rings. The first-order valence-electron chi connectivity index (χ1n) is 7.98. The number of nitrogens with one attached hydrogen (secondary N) is 1. The Balaban J connectivity index is 3.21. The van der Waals surface area contributed by atoms with E-state index in [0.29, 0.717) is 6.54 Å². The lowest BCUT2D eigenvalue weighted by Gasteiger charge is -2.47. The Morgan fingerprint density at radius 3 is 2.35 bits per heavy atom. The van der Waals surface area contributed by atoms with Gasteiger partial charge < -0.3 is 10.2 Å². The summed E-state index contributed by atoms with van der Waals surface area (Å²) >= 11 is 0. The molecule has 7 nitrogen and oxygen atoms in total. The molecule has 8 heteroatoms. The average molecular weight is 347 g/mol. The van der Waals surface area contributed by atoms with Crippen LogP contribution in [0.2, 0.25) is 0 Å². The molecule has 1 heterocycles. The first kappa shape index (κ1) is 19.9. The minimum Gasteiger partial charge on any atom is -0.352 e. The highest BCUT2D eigenvalue weighted by atomic mass is 32.2. The van der Waals surface area contributed by atoms with Crippen LogP contribution >= 0.6 is 0 Å². The lowest BCUT2D eigenvalue weighted by molar-refractivity contribution is -0.153. The second kappa shape index (κ2) is 7.17. The Bertz CT molecular complexity index is 561. The number of hydrogen-bond acceptors (Lipinski definition) is 4. The molecule has 1 rings (SSSR count). The third-order valence-electron chi connectivity index (χ3n) is 4.26. The van der Waals surface area contributed by atoms with Gasteiger partial charge >= 0.3 is 0 Å². The maximum Gasteiger partial charge on any atom is 0.247 e. The monoisotopic (exact) mass is 347 g/mol. The van der Waals surface area contributed by atoms with E-state index in [4.69, 9.17) is 0 Å². The van der Waals surface area contributed by atoms with E-state index in [9.17, 15) is 18.0 Å². The van der Waals surface area contributed by atoms with Crippen molar-refractivity contribution in [1.82, 2.24) is 14.5 Å². The van der Waals surface area contributed by atoms with Gasteiger partial charge in [0.2, 0.25) is 21.8 Å². The van der Waals surface area contributed by atoms with Gasteiger partial charge in [-0.25, -0.2) is 8.42 Å². The fraction of sp³-hybridized carbons (Fsp3) is 0.867. The molecule has 0 spiro atoms. The van der Waals surface area contributed by atoms with Gasteiger partial charge in [0.25, 0.3) is 0 Å². The molecule has 0 aromatic rings. The van der Waals surface area contributed by atoms with Gasteiger partial charge in [0.1, 0.15) is 5.54 Å². The molecule has 1 saturated heterocycles. The van der Waals surface area contributed by atoms with Crippen LogP contribution in [0.15, 0.2) is 0 Å². The lowest BCUT2D eigenvalue weighted by Crippen LogP contribution is -2.70. The smallest absolute Gasteiger partial charge is 0.247 e. The van der Waals surface area contributed by atoms with Crippen molar-refractivity contribution >= 4 is 21.8 Å². The molecule has 0 aliphatic carbocycles. The van der Waals surface area contributed by atoms with Gasteiger partial charge in [0.05, 0.1) is 12.8 Å². The van der Waals surface area contributed by atoms with Crippen molar-refractivity contribution in [2.75, 3.05) is 25.9 Å². The Labute approximate surface area is 139 Å². The first-order chi connectivity index (χ1) is 10.4. The number of hydrogen-bond donors (Lipinski definition) is 1. The summed E-state index contributed by atoms with van der Waals surface area (Å²) in [5.41, 5.74) is -1.20. The van der Waals surface area contributed by atoms with Crippen molar-refractivity contribution in [3.05, 3.63) is 0 Å². The summed E-state index contributed by atoms with van der Waals surface area (Å²) in [7, 11) is -3.54. The molecule has 0 saturated carbocycles. The second-order valence-corrected chi connectivity index (χ2v) is 8.93. The Kier molecular flexibility index (Phi) is 6.20. The summed E-state index contributed by atoms with van der Waals surface area (Å²) in [5.74, 6) is -0.421. The molecular weight excluding hydrogens is 318 g/mol. The molecule has 1 N–H and O–H groups in total. The predicted octanol–water partition coefficient (Wildman–Crippen LogP) is 0.420. The van der Waals surface area contributed by atoms with Gasteiger partial charge in [0, 0.05) is 19.1 Å². The van der Waals surface area contributed by atoms with Crippen LogP contribution in [0.4, 0.5) is 0 Å². The third-order valence-corrected chi connectivity index (χ3v) is 5.46. The Hall–Kier alpha value is -1.15. The van der Waals surface area contributed by atoms with Crippen molar-refractivity contribution in [3.8, 4) is 0 Å². The standard InChI is InChI=1S/C15H29N3O4S/c1-7-12(4)8-18-13(19)9-17(23(6,21)22)10-15(18,5)14(20)16-11(2)3/h11-12H,7-10H2,1-6H3,(H,16,20). The van der Waals surface area contributed by atoms with Crippen molar-refractivity contribution in [2.24, 2.45) is 5.92 Å². The van der Waals surface area contributed by atoms with Crippen LogP contribution in [0.3, 0.4) is 0 Å². The van der Waals surface area contributed by atoms with Crippen LogP contribution in [0, 0.1) is 5.92 Å². The molecule has 2 amide bonds. The minimum atomic E-state index is -3.54. The van der Waals surface area contributed by atoms with Crippen LogP contribution in [0.1, 0.15) is 41.0 Å². The molecule has 2 atom stereocenters. The molecule has 0 bridgehead atoms. The van der Waals surface area contributed by atoms with Crippen LogP contribution in [-0.4, -0.2) is 66.9 Å². The number of sulfonamides is 1. The summed E-state index contributed by atoms with van der Waals surface area (Å²) in [6.45, 7) is 9.55. The molecule has 23 heavy (non-hydrogen) atoms. The van der Waals surface area contributed by atoms with Crippen molar-refractivity contribution in [2.45, 2.75) is 52.6 Å². The number of piperazine rings is 1. The summed E-state index contributed by atoms with van der Waals surface area (Å²) in [6, 6.07) is -0.0894. The summed E-state index contributed by atoms with van der Waals surface area (Å²) in [4.78, 5) is 26.8. The minimum absolute atomic E-state index is 0.0213. The number of carbonyl (C=O) groups is 2. The van der Waals surface area contributed by atoms with Crippen molar-refractivity contribution < 1.29 is 18.0 Å². The van der Waals surface area contributed by atoms with Crippen LogP contribution in [0.25, 0.3) is 0 Å². The van der Waals surface area contributed by atoms with E-state index in [0.717, 1.165) is 17.0 Å². The maximum absolute atomic E-state index is 12.7. The topological polar surface area (TPSA) is 86.8 Å². The summed E-state index contributed by atoms with van der Waals surface area (Å²) in [5, 5.41) is 2.81. The van der Waals surface area contributed by atoms with E-state index in [-0.39, 0.29) is 36.9 Å². The Morgan fingerprint density at radius 2 is 1.91 bits per heavy atom. The normalized spacial score (nSPS) is 24.8. The van der Waals surface area contributed by atoms with Crippen LogP contribution < -0.4 is 5.32 Å². The van der Waals surface area contributed by atoms with E-state index >= 15 is 0 Å². The largest absolute Gasteiger partial charge is 0.352 e. The fourth-order valence-electron chi connectivity index (χ4n) is 2.59. The number of carbonyl (C=O) groups excluding carboxylic acids is 2. The van der Waals surface area contributed by atoms with Crippen LogP contribution in [0.5, 0.6) is 0 Å². The number of nitrogens with zero attached hydrogens (tertiary/aromatic N) is 2.